The fourth-order valence-electron chi connectivity index (χ4n) is 10.1. The second kappa shape index (κ2) is 14.3. The summed E-state index contributed by atoms with van der Waals surface area (Å²) >= 11 is 0. The molecular weight excluding hydrogens is 771 g/mol. The summed E-state index contributed by atoms with van der Waals surface area (Å²) in [7, 11) is 0. The Kier molecular flexibility index (Phi) is 8.06. The van der Waals surface area contributed by atoms with Gasteiger partial charge in [-0.05, 0) is 66.9 Å². The van der Waals surface area contributed by atoms with Crippen LogP contribution in [-0.4, -0.2) is 30.2 Å². The topological polar surface area (TPSA) is 57.8 Å². The molecule has 2 unspecified atom stereocenters. The molecule has 0 spiro atoms. The Bertz CT molecular complexity index is 3470. The molecule has 1 aliphatic heterocycles. The first-order valence-electron chi connectivity index (χ1n) is 21.7. The molecule has 3 aliphatic rings. The third-order valence-corrected chi connectivity index (χ3v) is 13.0. The van der Waals surface area contributed by atoms with E-state index in [9.17, 15) is 0 Å². The van der Waals surface area contributed by atoms with E-state index in [1.165, 1.54) is 49.6 Å². The molecule has 3 aromatic heterocycles. The van der Waals surface area contributed by atoms with Crippen molar-refractivity contribution in [1.29, 1.82) is 0 Å². The molecule has 2 atom stereocenters. The van der Waals surface area contributed by atoms with Crippen molar-refractivity contribution in [3.05, 3.63) is 211 Å². The molecule has 4 heterocycles. The summed E-state index contributed by atoms with van der Waals surface area (Å²) in [4.78, 5) is 15.0. The van der Waals surface area contributed by atoms with Crippen molar-refractivity contribution in [1.82, 2.24) is 24.1 Å². The van der Waals surface area contributed by atoms with Crippen LogP contribution in [0.4, 0.5) is 0 Å². The molecule has 10 aromatic rings. The maximum absolute atomic E-state index is 6.97. The third-order valence-electron chi connectivity index (χ3n) is 13.0. The number of fused-ring (bicyclic) bond motifs is 10. The molecule has 0 N–H and O–H groups in total. The molecule has 0 fully saturated rings. The van der Waals surface area contributed by atoms with Crippen LogP contribution >= 0.6 is 0 Å². The molecule has 298 valence electrons. The van der Waals surface area contributed by atoms with Crippen molar-refractivity contribution in [2.24, 2.45) is 0 Å². The van der Waals surface area contributed by atoms with E-state index in [0.29, 0.717) is 17.5 Å². The van der Waals surface area contributed by atoms with Gasteiger partial charge < -0.3 is 13.9 Å². The lowest BCUT2D eigenvalue weighted by atomic mass is 9.88. The Balaban J connectivity index is 1.03. The molecule has 0 bridgehead atoms. The van der Waals surface area contributed by atoms with E-state index in [4.69, 9.17) is 19.7 Å². The monoisotopic (exact) mass is 809 g/mol. The van der Waals surface area contributed by atoms with Gasteiger partial charge in [0.05, 0.1) is 21.9 Å². The van der Waals surface area contributed by atoms with E-state index in [1.54, 1.807) is 0 Å². The lowest BCUT2D eigenvalue weighted by Gasteiger charge is -2.17. The molecule has 0 saturated heterocycles. The van der Waals surface area contributed by atoms with Gasteiger partial charge in [0.1, 0.15) is 11.9 Å². The maximum atomic E-state index is 6.97. The normalized spacial score (nSPS) is 16.1. The molecule has 6 nitrogen and oxygen atoms in total. The van der Waals surface area contributed by atoms with Gasteiger partial charge >= 0.3 is 0 Å². The zero-order chi connectivity index (χ0) is 41.4. The Morgan fingerprint density at radius 2 is 1.14 bits per heavy atom. The summed E-state index contributed by atoms with van der Waals surface area (Å²) in [5.74, 6) is 3.06. The highest BCUT2D eigenvalue weighted by Gasteiger charge is 2.37. The SMILES string of the molecule is C1=CC2Oc3c(cc(-c4ccc(-c5nc(-c6ccccc6)nc(-c6ccccc6)n5)cc4)c4c3c3c(n4-c4ccc5c(c4)c4ccccc4n5-c4ccccc4)CCC=C3)C2C=C1. The van der Waals surface area contributed by atoms with Gasteiger partial charge in [-0.2, -0.15) is 0 Å². The van der Waals surface area contributed by atoms with Gasteiger partial charge in [-0.15, -0.1) is 0 Å². The zero-order valence-corrected chi connectivity index (χ0v) is 34.3. The van der Waals surface area contributed by atoms with Gasteiger partial charge in [-0.3, -0.25) is 0 Å². The first-order chi connectivity index (χ1) is 31.2. The fraction of sp³-hybridized carbons (Fsp3) is 0.0702. The van der Waals surface area contributed by atoms with E-state index in [0.717, 1.165) is 57.7 Å². The average Bonchev–Trinajstić information content (AvgIpc) is 4.02. The second-order valence-corrected chi connectivity index (χ2v) is 16.6. The predicted molar refractivity (Wildman–Crippen MR) is 256 cm³/mol. The summed E-state index contributed by atoms with van der Waals surface area (Å²) in [6.45, 7) is 0. The Morgan fingerprint density at radius 1 is 0.524 bits per heavy atom. The van der Waals surface area contributed by atoms with E-state index in [-0.39, 0.29) is 12.0 Å². The van der Waals surface area contributed by atoms with Crippen molar-refractivity contribution < 1.29 is 4.74 Å². The molecule has 13 rings (SSSR count). The summed E-state index contributed by atoms with van der Waals surface area (Å²) in [5.41, 5.74) is 14.7. The smallest absolute Gasteiger partial charge is 0.164 e. The van der Waals surface area contributed by atoms with Crippen LogP contribution in [-0.2, 0) is 6.42 Å². The number of hydrogen-bond donors (Lipinski definition) is 0. The minimum atomic E-state index is -0.0423. The molecule has 2 aliphatic carbocycles. The van der Waals surface area contributed by atoms with Crippen molar-refractivity contribution in [3.63, 3.8) is 0 Å². The molecule has 6 heteroatoms. The number of hydrogen-bond acceptors (Lipinski definition) is 4. The summed E-state index contributed by atoms with van der Waals surface area (Å²) in [6, 6.07) is 57.9. The summed E-state index contributed by atoms with van der Waals surface area (Å²) in [5, 5.41) is 3.63. The van der Waals surface area contributed by atoms with Crippen LogP contribution in [0.2, 0.25) is 0 Å². The Morgan fingerprint density at radius 3 is 1.87 bits per heavy atom. The number of rotatable bonds is 6. The van der Waals surface area contributed by atoms with E-state index >= 15 is 0 Å². The highest BCUT2D eigenvalue weighted by molar-refractivity contribution is 6.11. The minimum absolute atomic E-state index is 0.0423. The standard InChI is InChI=1S/C57H39N5O/c1-4-16-37(17-5-1)55-58-56(38-18-6-2-7-19-38)60-57(59-55)39-30-28-36(29-31-39)45-35-47-43-23-12-15-27-51(43)63-54(47)52-44-24-11-14-26-49(44)62(53(45)52)41-32-33-50-46(34-41)42-22-10-13-25-48(42)61(50)40-20-8-3-9-21-40/h1-13,15-25,27-35,43,51H,14,26H2. The highest BCUT2D eigenvalue weighted by atomic mass is 16.5. The number of benzene rings is 7. The number of aromatic nitrogens is 5. The molecule has 7 aromatic carbocycles. The van der Waals surface area contributed by atoms with E-state index in [1.807, 2.05) is 60.7 Å². The van der Waals surface area contributed by atoms with Crippen molar-refractivity contribution in [2.75, 3.05) is 0 Å². The van der Waals surface area contributed by atoms with E-state index in [2.05, 4.69) is 149 Å². The van der Waals surface area contributed by atoms with Gasteiger partial charge in [0.2, 0.25) is 0 Å². The maximum Gasteiger partial charge on any atom is 0.164 e. The highest BCUT2D eigenvalue weighted by Crippen LogP contribution is 2.52. The number of ether oxygens (including phenoxy) is 1. The van der Waals surface area contributed by atoms with Gasteiger partial charge in [0.25, 0.3) is 0 Å². The predicted octanol–water partition coefficient (Wildman–Crippen LogP) is 13.5. The van der Waals surface area contributed by atoms with Gasteiger partial charge in [-0.1, -0.05) is 152 Å². The quantitative estimate of drug-likeness (QED) is 0.168. The molecular formula is C57H39N5O. The van der Waals surface area contributed by atoms with Gasteiger partial charge in [0, 0.05) is 67.1 Å². The number of para-hydroxylation sites is 2. The lowest BCUT2D eigenvalue weighted by Crippen LogP contribution is -2.15. The van der Waals surface area contributed by atoms with Crippen LogP contribution in [0.3, 0.4) is 0 Å². The Labute approximate surface area is 364 Å². The van der Waals surface area contributed by atoms with E-state index < -0.39 is 0 Å². The Hall–Kier alpha value is -8.09. The fourth-order valence-corrected chi connectivity index (χ4v) is 10.1. The van der Waals surface area contributed by atoms with Crippen molar-refractivity contribution in [2.45, 2.75) is 24.9 Å². The van der Waals surface area contributed by atoms with Crippen LogP contribution < -0.4 is 4.74 Å². The second-order valence-electron chi connectivity index (χ2n) is 16.6. The molecule has 63 heavy (non-hydrogen) atoms. The number of nitrogens with zero attached hydrogens (tertiary/aromatic N) is 5. The molecule has 0 radical (unpaired) electrons. The van der Waals surface area contributed by atoms with Gasteiger partial charge in [-0.25, -0.2) is 15.0 Å². The largest absolute Gasteiger partial charge is 0.484 e. The zero-order valence-electron chi connectivity index (χ0n) is 34.3. The summed E-state index contributed by atoms with van der Waals surface area (Å²) < 4.78 is 11.9. The third kappa shape index (κ3) is 5.68. The van der Waals surface area contributed by atoms with Crippen LogP contribution in [0.15, 0.2) is 194 Å². The molecule has 0 saturated carbocycles. The van der Waals surface area contributed by atoms with Crippen molar-refractivity contribution >= 4 is 38.8 Å². The minimum Gasteiger partial charge on any atom is -0.484 e. The van der Waals surface area contributed by atoms with Gasteiger partial charge in [0.15, 0.2) is 17.5 Å². The lowest BCUT2D eigenvalue weighted by molar-refractivity contribution is 0.271. The first-order valence-corrected chi connectivity index (χ1v) is 21.7. The van der Waals surface area contributed by atoms with Crippen molar-refractivity contribution in [3.8, 4) is 62.4 Å². The molecule has 0 amide bonds. The van der Waals surface area contributed by atoms with Crippen LogP contribution in [0.25, 0.3) is 95.5 Å². The first kappa shape index (κ1) is 35.6. The summed E-state index contributed by atoms with van der Waals surface area (Å²) in [6.07, 6.45) is 15.3. The average molecular weight is 810 g/mol. The van der Waals surface area contributed by atoms with Crippen LogP contribution in [0.1, 0.15) is 29.2 Å². The van der Waals surface area contributed by atoms with Crippen LogP contribution in [0, 0.1) is 0 Å². The number of allylic oxidation sites excluding steroid dienone is 3. The van der Waals surface area contributed by atoms with Crippen LogP contribution in [0.5, 0.6) is 5.75 Å².